The van der Waals surface area contributed by atoms with Gasteiger partial charge in [-0.15, -0.1) is 0 Å². The Morgan fingerprint density at radius 3 is 2.71 bits per heavy atom. The van der Waals surface area contributed by atoms with E-state index in [2.05, 4.69) is 6.07 Å². The normalized spacial score (nSPS) is 15.7. The molecule has 2 aromatic rings. The summed E-state index contributed by atoms with van der Waals surface area (Å²) in [5.74, 6) is 0.173. The number of methoxy groups -OCH3 is 1. The van der Waals surface area contributed by atoms with E-state index in [-0.39, 0.29) is 30.2 Å². The van der Waals surface area contributed by atoms with Crippen LogP contribution in [0.4, 0.5) is 0 Å². The molecular weight excluding hydrogens is 396 g/mol. The van der Waals surface area contributed by atoms with Crippen LogP contribution in [0.15, 0.2) is 71.3 Å². The summed E-state index contributed by atoms with van der Waals surface area (Å²) < 4.78 is 22.0. The lowest BCUT2D eigenvalue weighted by molar-refractivity contribution is -0.139. The summed E-state index contributed by atoms with van der Waals surface area (Å²) in [6.07, 6.45) is 0. The average molecular weight is 420 g/mol. The van der Waals surface area contributed by atoms with Crippen LogP contribution in [0, 0.1) is 11.3 Å². The maximum Gasteiger partial charge on any atom is 0.338 e. The molecule has 0 spiro atoms. The number of carbonyl (C=O) groups excluding carboxylic acids is 1. The van der Waals surface area contributed by atoms with Gasteiger partial charge in [0.05, 0.1) is 25.2 Å². The van der Waals surface area contributed by atoms with Crippen LogP contribution >= 0.6 is 0 Å². The molecule has 0 amide bonds. The van der Waals surface area contributed by atoms with E-state index in [1.807, 2.05) is 36.4 Å². The maximum atomic E-state index is 12.7. The van der Waals surface area contributed by atoms with Crippen molar-refractivity contribution in [2.24, 2.45) is 5.73 Å². The van der Waals surface area contributed by atoms with Crippen molar-refractivity contribution >= 4 is 5.97 Å². The Kier molecular flexibility index (Phi) is 6.83. The molecule has 0 radical (unpaired) electrons. The van der Waals surface area contributed by atoms with E-state index in [1.54, 1.807) is 33.1 Å². The molecule has 0 aliphatic carbocycles. The zero-order valence-corrected chi connectivity index (χ0v) is 17.7. The van der Waals surface area contributed by atoms with Gasteiger partial charge in [0.15, 0.2) is 0 Å². The van der Waals surface area contributed by atoms with Gasteiger partial charge in [-0.2, -0.15) is 5.26 Å². The number of nitrogens with zero attached hydrogens (tertiary/aromatic N) is 1. The van der Waals surface area contributed by atoms with Crippen LogP contribution in [0.25, 0.3) is 0 Å². The monoisotopic (exact) mass is 420 g/mol. The summed E-state index contributed by atoms with van der Waals surface area (Å²) >= 11 is 0. The molecule has 7 nitrogen and oxygen atoms in total. The number of rotatable bonds is 7. The van der Waals surface area contributed by atoms with Gasteiger partial charge in [0.25, 0.3) is 0 Å². The summed E-state index contributed by atoms with van der Waals surface area (Å²) in [5.41, 5.74) is 7.87. The fourth-order valence-corrected chi connectivity index (χ4v) is 3.44. The summed E-state index contributed by atoms with van der Waals surface area (Å²) in [5, 5.41) is 9.77. The van der Waals surface area contributed by atoms with Crippen LogP contribution in [-0.2, 0) is 20.9 Å². The van der Waals surface area contributed by atoms with Crippen molar-refractivity contribution in [3.05, 3.63) is 82.4 Å². The minimum absolute atomic E-state index is 0.0411. The van der Waals surface area contributed by atoms with E-state index in [1.165, 1.54) is 0 Å². The second kappa shape index (κ2) is 9.72. The van der Waals surface area contributed by atoms with E-state index in [4.69, 9.17) is 24.7 Å². The molecule has 0 saturated carbocycles. The Hall–Kier alpha value is -3.92. The number of nitriles is 1. The van der Waals surface area contributed by atoms with Gasteiger partial charge < -0.3 is 24.7 Å². The molecule has 0 aromatic heterocycles. The molecule has 0 saturated heterocycles. The molecule has 2 N–H and O–H groups in total. The van der Waals surface area contributed by atoms with Crippen molar-refractivity contribution in [1.82, 2.24) is 0 Å². The van der Waals surface area contributed by atoms with Gasteiger partial charge >= 0.3 is 5.97 Å². The van der Waals surface area contributed by atoms with E-state index in [0.717, 1.165) is 11.3 Å². The molecule has 31 heavy (non-hydrogen) atoms. The Balaban J connectivity index is 2.01. The Morgan fingerprint density at radius 2 is 2.00 bits per heavy atom. The Labute approximate surface area is 181 Å². The van der Waals surface area contributed by atoms with Crippen LogP contribution < -0.4 is 15.2 Å². The highest BCUT2D eigenvalue weighted by Crippen LogP contribution is 2.43. The topological polar surface area (TPSA) is 104 Å². The van der Waals surface area contributed by atoms with Gasteiger partial charge in [-0.3, -0.25) is 0 Å². The van der Waals surface area contributed by atoms with Crippen molar-refractivity contribution in [2.45, 2.75) is 26.4 Å². The molecule has 1 unspecified atom stereocenters. The molecule has 0 fully saturated rings. The highest BCUT2D eigenvalue weighted by Gasteiger charge is 2.37. The molecule has 7 heteroatoms. The summed E-state index contributed by atoms with van der Waals surface area (Å²) in [4.78, 5) is 12.7. The molecule has 0 bridgehead atoms. The highest BCUT2D eigenvalue weighted by molar-refractivity contribution is 5.92. The summed E-state index contributed by atoms with van der Waals surface area (Å²) in [6.45, 7) is 3.81. The molecule has 1 atom stereocenters. The van der Waals surface area contributed by atoms with Crippen LogP contribution in [0.3, 0.4) is 0 Å². The molecule has 1 aliphatic rings. The highest BCUT2D eigenvalue weighted by atomic mass is 16.5. The fraction of sp³-hybridized carbons (Fsp3) is 0.250. The average Bonchev–Trinajstić information content (AvgIpc) is 2.77. The number of carbonyl (C=O) groups is 1. The number of benzene rings is 2. The van der Waals surface area contributed by atoms with Gasteiger partial charge in [0.1, 0.15) is 35.5 Å². The van der Waals surface area contributed by atoms with Crippen molar-refractivity contribution in [3.8, 4) is 17.6 Å². The van der Waals surface area contributed by atoms with Gasteiger partial charge in [0, 0.05) is 5.56 Å². The van der Waals surface area contributed by atoms with Gasteiger partial charge in [-0.25, -0.2) is 4.79 Å². The van der Waals surface area contributed by atoms with Gasteiger partial charge in [-0.1, -0.05) is 30.3 Å². The number of nitrogens with two attached hydrogens (primary N) is 1. The second-order valence-corrected chi connectivity index (χ2v) is 6.79. The first kappa shape index (κ1) is 21.8. The lowest BCUT2D eigenvalue weighted by Gasteiger charge is -2.28. The third-order valence-corrected chi connectivity index (χ3v) is 4.86. The van der Waals surface area contributed by atoms with Crippen molar-refractivity contribution in [3.63, 3.8) is 0 Å². The molecular formula is C24H24N2O5. The quantitative estimate of drug-likeness (QED) is 0.677. The predicted molar refractivity (Wildman–Crippen MR) is 114 cm³/mol. The van der Waals surface area contributed by atoms with Gasteiger partial charge in [-0.05, 0) is 37.6 Å². The SMILES string of the molecule is CCOC(=O)C1=C(C)OC(N)=C(C#N)C1c1ccccc1OCc1cccc(OC)c1. The largest absolute Gasteiger partial charge is 0.497 e. The lowest BCUT2D eigenvalue weighted by atomic mass is 9.82. The number of hydrogen-bond acceptors (Lipinski definition) is 7. The summed E-state index contributed by atoms with van der Waals surface area (Å²) in [6, 6.07) is 16.8. The first-order valence-corrected chi connectivity index (χ1v) is 9.80. The minimum atomic E-state index is -0.765. The maximum absolute atomic E-state index is 12.7. The number of hydrogen-bond donors (Lipinski definition) is 1. The molecule has 3 rings (SSSR count). The van der Waals surface area contributed by atoms with Crippen molar-refractivity contribution in [2.75, 3.05) is 13.7 Å². The standard InChI is InChI=1S/C24H24N2O5/c1-4-29-24(27)21-15(2)31-23(26)19(13-25)22(21)18-10-5-6-11-20(18)30-14-16-8-7-9-17(12-16)28-3/h5-12,22H,4,14,26H2,1-3H3. The van der Waals surface area contributed by atoms with Crippen LogP contribution in [0.2, 0.25) is 0 Å². The third kappa shape index (κ3) is 4.64. The van der Waals surface area contributed by atoms with E-state index in [9.17, 15) is 10.1 Å². The minimum Gasteiger partial charge on any atom is -0.497 e. The predicted octanol–water partition coefficient (Wildman–Crippen LogP) is 3.92. The number of ether oxygens (including phenoxy) is 4. The number of esters is 1. The smallest absolute Gasteiger partial charge is 0.338 e. The third-order valence-electron chi connectivity index (χ3n) is 4.86. The molecule has 1 heterocycles. The van der Waals surface area contributed by atoms with E-state index < -0.39 is 11.9 Å². The Morgan fingerprint density at radius 1 is 1.23 bits per heavy atom. The molecule has 1 aliphatic heterocycles. The first-order chi connectivity index (χ1) is 15.0. The fourth-order valence-electron chi connectivity index (χ4n) is 3.44. The summed E-state index contributed by atoms with van der Waals surface area (Å²) in [7, 11) is 1.60. The van der Waals surface area contributed by atoms with Crippen molar-refractivity contribution < 1.29 is 23.7 Å². The lowest BCUT2D eigenvalue weighted by Crippen LogP contribution is -2.26. The molecule has 2 aromatic carbocycles. The number of allylic oxidation sites excluding steroid dienone is 2. The van der Waals surface area contributed by atoms with E-state index in [0.29, 0.717) is 17.1 Å². The number of para-hydroxylation sites is 1. The molecule has 160 valence electrons. The van der Waals surface area contributed by atoms with Gasteiger partial charge in [0.2, 0.25) is 5.88 Å². The van der Waals surface area contributed by atoms with Crippen LogP contribution in [0.5, 0.6) is 11.5 Å². The zero-order chi connectivity index (χ0) is 22.4. The van der Waals surface area contributed by atoms with Crippen LogP contribution in [0.1, 0.15) is 30.9 Å². The Bertz CT molecular complexity index is 1080. The second-order valence-electron chi connectivity index (χ2n) is 6.79. The first-order valence-electron chi connectivity index (χ1n) is 9.80. The van der Waals surface area contributed by atoms with Crippen molar-refractivity contribution in [1.29, 1.82) is 5.26 Å². The van der Waals surface area contributed by atoms with E-state index >= 15 is 0 Å². The van der Waals surface area contributed by atoms with Crippen LogP contribution in [-0.4, -0.2) is 19.7 Å². The zero-order valence-electron chi connectivity index (χ0n) is 17.7.